The van der Waals surface area contributed by atoms with Gasteiger partial charge in [0.05, 0.1) is 0 Å². The Morgan fingerprint density at radius 2 is 2.05 bits per heavy atom. The van der Waals surface area contributed by atoms with E-state index in [0.717, 1.165) is 6.54 Å². The summed E-state index contributed by atoms with van der Waals surface area (Å²) in [7, 11) is 2.06. The predicted molar refractivity (Wildman–Crippen MR) is 80.1 cm³/mol. The first-order valence-corrected chi connectivity index (χ1v) is 7.54. The molecule has 1 aliphatic heterocycles. The summed E-state index contributed by atoms with van der Waals surface area (Å²) < 4.78 is 0. The van der Waals surface area contributed by atoms with E-state index >= 15 is 0 Å². The molecule has 2 atom stereocenters. The Hall–Kier alpha value is -0.930. The molecular formula is C16H27N3. The molecule has 3 heteroatoms. The number of likely N-dealkylation sites (tertiary alicyclic amines) is 1. The van der Waals surface area contributed by atoms with Gasteiger partial charge in [0.1, 0.15) is 0 Å². The summed E-state index contributed by atoms with van der Waals surface area (Å²) in [5.74, 6) is 0.692. The molecule has 1 aromatic rings. The Balaban J connectivity index is 2.31. The van der Waals surface area contributed by atoms with Crippen LogP contribution in [0.15, 0.2) is 24.5 Å². The number of nitrogens with one attached hydrogen (secondary N) is 1. The number of hydrogen-bond acceptors (Lipinski definition) is 3. The normalized spacial score (nSPS) is 25.5. The predicted octanol–water partition coefficient (Wildman–Crippen LogP) is 2.85. The molecule has 1 saturated heterocycles. The molecule has 2 heterocycles. The first-order valence-electron chi connectivity index (χ1n) is 7.54. The van der Waals surface area contributed by atoms with Crippen LogP contribution in [-0.4, -0.2) is 36.1 Å². The minimum Gasteiger partial charge on any atom is -0.319 e. The van der Waals surface area contributed by atoms with Crippen LogP contribution in [0.2, 0.25) is 0 Å². The van der Waals surface area contributed by atoms with Crippen molar-refractivity contribution in [3.05, 3.63) is 30.1 Å². The minimum atomic E-state index is 0.526. The number of hydrogen-bond donors (Lipinski definition) is 1. The highest BCUT2D eigenvalue weighted by atomic mass is 15.2. The average Bonchev–Trinajstić information content (AvgIpc) is 2.63. The molecule has 1 fully saturated rings. The second-order valence-corrected chi connectivity index (χ2v) is 5.87. The van der Waals surface area contributed by atoms with Gasteiger partial charge >= 0.3 is 0 Å². The maximum atomic E-state index is 4.17. The van der Waals surface area contributed by atoms with Gasteiger partial charge in [-0.2, -0.15) is 0 Å². The van der Waals surface area contributed by atoms with Crippen molar-refractivity contribution in [3.63, 3.8) is 0 Å². The van der Waals surface area contributed by atoms with Crippen molar-refractivity contribution in [2.24, 2.45) is 5.92 Å². The van der Waals surface area contributed by atoms with Crippen molar-refractivity contribution in [2.75, 3.05) is 20.1 Å². The van der Waals surface area contributed by atoms with E-state index in [1.807, 2.05) is 12.4 Å². The van der Waals surface area contributed by atoms with Gasteiger partial charge in [-0.25, -0.2) is 0 Å². The van der Waals surface area contributed by atoms with Crippen LogP contribution in [0.1, 0.15) is 44.7 Å². The maximum Gasteiger partial charge on any atom is 0.0392 e. The molecule has 0 saturated carbocycles. The van der Waals surface area contributed by atoms with Crippen LogP contribution < -0.4 is 5.32 Å². The van der Waals surface area contributed by atoms with E-state index in [4.69, 9.17) is 0 Å². The second kappa shape index (κ2) is 7.01. The Morgan fingerprint density at radius 1 is 1.32 bits per heavy atom. The summed E-state index contributed by atoms with van der Waals surface area (Å²) in [5.41, 5.74) is 1.42. The van der Waals surface area contributed by atoms with Gasteiger partial charge in [0, 0.05) is 24.5 Å². The molecule has 3 nitrogen and oxygen atoms in total. The zero-order valence-corrected chi connectivity index (χ0v) is 12.5. The number of nitrogens with zero attached hydrogens (tertiary/aromatic N) is 2. The monoisotopic (exact) mass is 261 g/mol. The van der Waals surface area contributed by atoms with E-state index in [1.165, 1.54) is 31.4 Å². The van der Waals surface area contributed by atoms with E-state index in [9.17, 15) is 0 Å². The van der Waals surface area contributed by atoms with Gasteiger partial charge < -0.3 is 5.32 Å². The van der Waals surface area contributed by atoms with Gasteiger partial charge in [-0.15, -0.1) is 0 Å². The van der Waals surface area contributed by atoms with Crippen LogP contribution in [0.25, 0.3) is 0 Å². The average molecular weight is 261 g/mol. The van der Waals surface area contributed by atoms with Gasteiger partial charge in [-0.05, 0) is 70.4 Å². The third kappa shape index (κ3) is 3.54. The number of pyridine rings is 1. The Labute approximate surface area is 117 Å². The molecule has 2 unspecified atom stereocenters. The largest absolute Gasteiger partial charge is 0.319 e. The van der Waals surface area contributed by atoms with E-state index in [2.05, 4.69) is 48.2 Å². The standard InChI is InChI=1S/C16H27N3/c1-13(2)19-11-5-4-6-15(12-17-3)16(19)14-7-9-18-10-8-14/h7-10,13,15-17H,4-6,11-12H2,1-3H3. The molecule has 1 aromatic heterocycles. The fraction of sp³-hybridized carbons (Fsp3) is 0.688. The molecule has 0 aromatic carbocycles. The molecule has 1 N–H and O–H groups in total. The highest BCUT2D eigenvalue weighted by Crippen LogP contribution is 2.35. The van der Waals surface area contributed by atoms with Crippen LogP contribution in [0.4, 0.5) is 0 Å². The van der Waals surface area contributed by atoms with Crippen molar-refractivity contribution in [1.82, 2.24) is 15.2 Å². The summed E-state index contributed by atoms with van der Waals surface area (Å²) in [6, 6.07) is 5.50. The van der Waals surface area contributed by atoms with E-state index < -0.39 is 0 Å². The maximum absolute atomic E-state index is 4.17. The molecule has 0 aliphatic carbocycles. The summed E-state index contributed by atoms with van der Waals surface area (Å²) >= 11 is 0. The fourth-order valence-electron chi connectivity index (χ4n) is 3.35. The van der Waals surface area contributed by atoms with Gasteiger partial charge in [0.2, 0.25) is 0 Å². The Kier molecular flexibility index (Phi) is 5.34. The minimum absolute atomic E-state index is 0.526. The molecular weight excluding hydrogens is 234 g/mol. The first-order chi connectivity index (χ1) is 9.24. The summed E-state index contributed by atoms with van der Waals surface area (Å²) in [5, 5.41) is 3.38. The van der Waals surface area contributed by atoms with Crippen LogP contribution in [0, 0.1) is 5.92 Å². The molecule has 19 heavy (non-hydrogen) atoms. The van der Waals surface area contributed by atoms with E-state index in [1.54, 1.807) is 0 Å². The van der Waals surface area contributed by atoms with Crippen LogP contribution in [0.5, 0.6) is 0 Å². The number of aromatic nitrogens is 1. The summed E-state index contributed by atoms with van der Waals surface area (Å²) in [4.78, 5) is 6.84. The van der Waals surface area contributed by atoms with Gasteiger partial charge in [0.25, 0.3) is 0 Å². The van der Waals surface area contributed by atoms with Gasteiger partial charge in [-0.3, -0.25) is 9.88 Å². The van der Waals surface area contributed by atoms with E-state index in [0.29, 0.717) is 18.0 Å². The molecule has 0 radical (unpaired) electrons. The molecule has 0 spiro atoms. The van der Waals surface area contributed by atoms with E-state index in [-0.39, 0.29) is 0 Å². The lowest BCUT2D eigenvalue weighted by Crippen LogP contribution is -2.40. The molecule has 2 rings (SSSR count). The van der Waals surface area contributed by atoms with Gasteiger partial charge in [-0.1, -0.05) is 6.42 Å². The zero-order valence-electron chi connectivity index (χ0n) is 12.5. The van der Waals surface area contributed by atoms with Crippen molar-refractivity contribution in [1.29, 1.82) is 0 Å². The summed E-state index contributed by atoms with van der Waals surface area (Å²) in [6.07, 6.45) is 7.83. The zero-order chi connectivity index (χ0) is 13.7. The van der Waals surface area contributed by atoms with Gasteiger partial charge in [0.15, 0.2) is 0 Å². The lowest BCUT2D eigenvalue weighted by Gasteiger charge is -2.38. The smallest absolute Gasteiger partial charge is 0.0392 e. The van der Waals surface area contributed by atoms with Crippen LogP contribution in [0.3, 0.4) is 0 Å². The fourth-order valence-corrected chi connectivity index (χ4v) is 3.35. The Bertz CT molecular complexity index is 364. The third-order valence-corrected chi connectivity index (χ3v) is 4.22. The molecule has 1 aliphatic rings. The SMILES string of the molecule is CNCC1CCCCN(C(C)C)C1c1ccncc1. The topological polar surface area (TPSA) is 28.2 Å². The van der Waals surface area contributed by atoms with Crippen LogP contribution in [-0.2, 0) is 0 Å². The lowest BCUT2D eigenvalue weighted by atomic mass is 9.89. The van der Waals surface area contributed by atoms with Crippen molar-refractivity contribution in [3.8, 4) is 0 Å². The second-order valence-electron chi connectivity index (χ2n) is 5.87. The quantitative estimate of drug-likeness (QED) is 0.903. The first kappa shape index (κ1) is 14.5. The molecule has 106 valence electrons. The highest BCUT2D eigenvalue weighted by Gasteiger charge is 2.31. The summed E-state index contributed by atoms with van der Waals surface area (Å²) in [6.45, 7) is 6.94. The lowest BCUT2D eigenvalue weighted by molar-refractivity contribution is 0.118. The van der Waals surface area contributed by atoms with Crippen LogP contribution >= 0.6 is 0 Å². The highest BCUT2D eigenvalue weighted by molar-refractivity contribution is 5.17. The molecule has 0 amide bonds. The Morgan fingerprint density at radius 3 is 2.68 bits per heavy atom. The van der Waals surface area contributed by atoms with Crippen molar-refractivity contribution < 1.29 is 0 Å². The van der Waals surface area contributed by atoms with Crippen molar-refractivity contribution >= 4 is 0 Å². The third-order valence-electron chi connectivity index (χ3n) is 4.22. The van der Waals surface area contributed by atoms with Crippen molar-refractivity contribution in [2.45, 2.75) is 45.2 Å². The molecule has 0 bridgehead atoms. The number of rotatable bonds is 4.